The minimum absolute atomic E-state index is 0.0894. The van der Waals surface area contributed by atoms with Crippen molar-refractivity contribution in [3.05, 3.63) is 23.9 Å². The van der Waals surface area contributed by atoms with Gasteiger partial charge in [0.05, 0.1) is 0 Å². The van der Waals surface area contributed by atoms with Gasteiger partial charge >= 0.3 is 12.6 Å². The molecule has 3 atom stereocenters. The molecule has 2 saturated carbocycles. The Morgan fingerprint density at radius 2 is 2.09 bits per heavy atom. The van der Waals surface area contributed by atoms with Crippen molar-refractivity contribution >= 4 is 6.03 Å². The summed E-state index contributed by atoms with van der Waals surface area (Å²) in [5.74, 6) is -3.15. The standard InChI is InChI=1S/C14H15F4N3O2/c15-12(16)23-10-3-7(1-2-19-10)6-20-13(22)21-11-8-4-14(17,18)5-9(8)11/h1-3,8-9,11-12H,4-6H2,(H2,20,21,22)/t8-,9+,11?. The number of aromatic nitrogens is 1. The summed E-state index contributed by atoms with van der Waals surface area (Å²) in [6.07, 6.45) is 0.933. The number of rotatable bonds is 5. The van der Waals surface area contributed by atoms with Gasteiger partial charge in [0.25, 0.3) is 0 Å². The zero-order chi connectivity index (χ0) is 16.6. The molecule has 126 valence electrons. The summed E-state index contributed by atoms with van der Waals surface area (Å²) in [6, 6.07) is 2.16. The third-order valence-corrected chi connectivity index (χ3v) is 4.16. The Balaban J connectivity index is 1.43. The fraction of sp³-hybridized carbons (Fsp3) is 0.571. The van der Waals surface area contributed by atoms with E-state index < -0.39 is 18.6 Å². The molecular weight excluding hydrogens is 318 g/mol. The maximum atomic E-state index is 13.0. The molecule has 5 nitrogen and oxygen atoms in total. The van der Waals surface area contributed by atoms with Crippen LogP contribution in [0.15, 0.2) is 18.3 Å². The van der Waals surface area contributed by atoms with Crippen LogP contribution in [0.4, 0.5) is 22.4 Å². The molecule has 2 fully saturated rings. The molecule has 2 amide bonds. The molecule has 2 N–H and O–H groups in total. The van der Waals surface area contributed by atoms with Crippen molar-refractivity contribution in [2.75, 3.05) is 0 Å². The number of carbonyl (C=O) groups excluding carboxylic acids is 1. The third-order valence-electron chi connectivity index (χ3n) is 4.16. The van der Waals surface area contributed by atoms with Crippen molar-refractivity contribution in [2.24, 2.45) is 11.8 Å². The Morgan fingerprint density at radius 3 is 2.74 bits per heavy atom. The van der Waals surface area contributed by atoms with Gasteiger partial charge in [0.1, 0.15) is 0 Å². The van der Waals surface area contributed by atoms with E-state index in [4.69, 9.17) is 0 Å². The number of fused-ring (bicyclic) bond motifs is 1. The number of amides is 2. The zero-order valence-corrected chi connectivity index (χ0v) is 11.9. The number of halogens is 4. The molecule has 1 unspecified atom stereocenters. The summed E-state index contributed by atoms with van der Waals surface area (Å²) < 4.78 is 54.4. The van der Waals surface area contributed by atoms with Crippen LogP contribution in [0.3, 0.4) is 0 Å². The SMILES string of the molecule is O=C(NCc1ccnc(OC(F)F)c1)NC1[C@H]2CC(F)(F)C[C@@H]12. The number of ether oxygens (including phenoxy) is 1. The second kappa shape index (κ2) is 5.86. The number of nitrogens with zero attached hydrogens (tertiary/aromatic N) is 1. The second-order valence-corrected chi connectivity index (χ2v) is 5.83. The van der Waals surface area contributed by atoms with E-state index in [-0.39, 0.29) is 43.1 Å². The monoisotopic (exact) mass is 333 g/mol. The van der Waals surface area contributed by atoms with Crippen LogP contribution in [0.5, 0.6) is 5.88 Å². The van der Waals surface area contributed by atoms with Crippen molar-refractivity contribution in [1.82, 2.24) is 15.6 Å². The lowest BCUT2D eigenvalue weighted by Gasteiger charge is -2.14. The Kier molecular flexibility index (Phi) is 4.03. The van der Waals surface area contributed by atoms with Gasteiger partial charge in [-0.15, -0.1) is 0 Å². The largest absolute Gasteiger partial charge is 0.417 e. The van der Waals surface area contributed by atoms with Crippen LogP contribution in [0, 0.1) is 11.8 Å². The highest BCUT2D eigenvalue weighted by Gasteiger charge is 2.63. The number of nitrogens with one attached hydrogen (secondary N) is 2. The van der Waals surface area contributed by atoms with E-state index in [1.54, 1.807) is 6.07 Å². The number of hydrogen-bond acceptors (Lipinski definition) is 3. The van der Waals surface area contributed by atoms with Crippen molar-refractivity contribution in [2.45, 2.75) is 38.0 Å². The van der Waals surface area contributed by atoms with Crippen LogP contribution in [0.25, 0.3) is 0 Å². The summed E-state index contributed by atoms with van der Waals surface area (Å²) >= 11 is 0. The highest BCUT2D eigenvalue weighted by atomic mass is 19.3. The van der Waals surface area contributed by atoms with E-state index in [2.05, 4.69) is 20.4 Å². The van der Waals surface area contributed by atoms with Crippen LogP contribution in [0.1, 0.15) is 18.4 Å². The molecule has 1 aromatic heterocycles. The molecule has 1 heterocycles. The molecule has 0 aliphatic heterocycles. The summed E-state index contributed by atoms with van der Waals surface area (Å²) in [7, 11) is 0. The van der Waals surface area contributed by atoms with Crippen molar-refractivity contribution in [3.63, 3.8) is 0 Å². The smallest absolute Gasteiger partial charge is 0.388 e. The molecule has 9 heteroatoms. The van der Waals surface area contributed by atoms with E-state index >= 15 is 0 Å². The number of urea groups is 1. The van der Waals surface area contributed by atoms with E-state index in [9.17, 15) is 22.4 Å². The van der Waals surface area contributed by atoms with Gasteiger partial charge in [0.15, 0.2) is 0 Å². The summed E-state index contributed by atoms with van der Waals surface area (Å²) in [4.78, 5) is 15.4. The molecule has 0 aromatic carbocycles. The first-order valence-electron chi connectivity index (χ1n) is 7.16. The molecule has 0 bridgehead atoms. The van der Waals surface area contributed by atoms with Crippen LogP contribution >= 0.6 is 0 Å². The normalized spacial score (nSPS) is 27.4. The van der Waals surface area contributed by atoms with Gasteiger partial charge in [-0.05, 0) is 23.5 Å². The number of alkyl halides is 4. The Labute approximate surface area is 129 Å². The minimum atomic E-state index is -2.97. The molecule has 1 aromatic rings. The van der Waals surface area contributed by atoms with Gasteiger partial charge in [-0.3, -0.25) is 0 Å². The third kappa shape index (κ3) is 3.83. The van der Waals surface area contributed by atoms with Crippen molar-refractivity contribution in [3.8, 4) is 5.88 Å². The summed E-state index contributed by atoms with van der Waals surface area (Å²) in [6.45, 7) is -2.88. The van der Waals surface area contributed by atoms with Crippen molar-refractivity contribution in [1.29, 1.82) is 0 Å². The Bertz CT molecular complexity index is 585. The molecule has 0 saturated heterocycles. The van der Waals surface area contributed by atoms with Gasteiger partial charge in [-0.1, -0.05) is 0 Å². The number of carbonyl (C=O) groups is 1. The Hall–Kier alpha value is -2.06. The zero-order valence-electron chi connectivity index (χ0n) is 11.9. The predicted molar refractivity (Wildman–Crippen MR) is 71.2 cm³/mol. The van der Waals surface area contributed by atoms with Crippen LogP contribution in [0.2, 0.25) is 0 Å². The second-order valence-electron chi connectivity index (χ2n) is 5.83. The van der Waals surface area contributed by atoms with Crippen LogP contribution in [-0.4, -0.2) is 29.6 Å². The lowest BCUT2D eigenvalue weighted by molar-refractivity contribution is -0.0529. The molecule has 3 rings (SSSR count). The number of hydrogen-bond donors (Lipinski definition) is 2. The lowest BCUT2D eigenvalue weighted by atomic mass is 10.2. The van der Waals surface area contributed by atoms with Gasteiger partial charge in [0, 0.05) is 37.7 Å². The first-order valence-corrected chi connectivity index (χ1v) is 7.16. The van der Waals surface area contributed by atoms with E-state index in [0.717, 1.165) is 0 Å². The molecule has 0 spiro atoms. The summed E-state index contributed by atoms with van der Waals surface area (Å²) in [5.41, 5.74) is 0.535. The quantitative estimate of drug-likeness (QED) is 0.814. The predicted octanol–water partition coefficient (Wildman–Crippen LogP) is 2.53. The highest BCUT2D eigenvalue weighted by molar-refractivity contribution is 5.74. The minimum Gasteiger partial charge on any atom is -0.417 e. The first kappa shape index (κ1) is 15.8. The van der Waals surface area contributed by atoms with E-state index in [0.29, 0.717) is 5.56 Å². The topological polar surface area (TPSA) is 63.2 Å². The molecule has 2 aliphatic carbocycles. The summed E-state index contributed by atoms with van der Waals surface area (Å²) in [5, 5.41) is 5.21. The molecule has 23 heavy (non-hydrogen) atoms. The van der Waals surface area contributed by atoms with Crippen molar-refractivity contribution < 1.29 is 27.1 Å². The van der Waals surface area contributed by atoms with Gasteiger partial charge in [0.2, 0.25) is 11.8 Å². The highest BCUT2D eigenvalue weighted by Crippen LogP contribution is 2.58. The fourth-order valence-electron chi connectivity index (χ4n) is 3.09. The maximum absolute atomic E-state index is 13.0. The van der Waals surface area contributed by atoms with Gasteiger partial charge in [-0.2, -0.15) is 8.78 Å². The van der Waals surface area contributed by atoms with Crippen LogP contribution < -0.4 is 15.4 Å². The average Bonchev–Trinajstić information content (AvgIpc) is 2.91. The Morgan fingerprint density at radius 1 is 1.39 bits per heavy atom. The first-order chi connectivity index (χ1) is 10.8. The van der Waals surface area contributed by atoms with Gasteiger partial charge in [-0.25, -0.2) is 18.6 Å². The maximum Gasteiger partial charge on any atom is 0.388 e. The number of pyridine rings is 1. The molecule has 2 aliphatic rings. The molecule has 0 radical (unpaired) electrons. The van der Waals surface area contributed by atoms with E-state index in [1.807, 2.05) is 0 Å². The lowest BCUT2D eigenvalue weighted by Crippen LogP contribution is -2.39. The van der Waals surface area contributed by atoms with Gasteiger partial charge < -0.3 is 15.4 Å². The average molecular weight is 333 g/mol. The molecular formula is C14H15F4N3O2. The fourth-order valence-corrected chi connectivity index (χ4v) is 3.09. The van der Waals surface area contributed by atoms with E-state index in [1.165, 1.54) is 12.3 Å². The van der Waals surface area contributed by atoms with Crippen LogP contribution in [-0.2, 0) is 6.54 Å².